The van der Waals surface area contributed by atoms with Gasteiger partial charge < -0.3 is 16.0 Å². The number of sulfone groups is 1. The van der Waals surface area contributed by atoms with Gasteiger partial charge in [-0.1, -0.05) is 44.2 Å². The summed E-state index contributed by atoms with van der Waals surface area (Å²) in [5.41, 5.74) is 0.947. The lowest BCUT2D eigenvalue weighted by Crippen LogP contribution is -2.44. The number of amides is 1. The summed E-state index contributed by atoms with van der Waals surface area (Å²) < 4.78 is 26.5. The monoisotopic (exact) mass is 487 g/mol. The van der Waals surface area contributed by atoms with Crippen molar-refractivity contribution < 1.29 is 13.2 Å². The van der Waals surface area contributed by atoms with Crippen LogP contribution >= 0.6 is 0 Å². The molecule has 1 aromatic carbocycles. The maximum atomic E-state index is 13.3. The van der Waals surface area contributed by atoms with Gasteiger partial charge in [-0.25, -0.2) is 8.42 Å². The molecule has 1 aliphatic heterocycles. The van der Waals surface area contributed by atoms with Crippen LogP contribution in [-0.4, -0.2) is 38.3 Å². The second-order valence-electron chi connectivity index (χ2n) is 11.1. The topological polar surface area (TPSA) is 87.3 Å². The van der Waals surface area contributed by atoms with Crippen LogP contribution in [0.25, 0.3) is 0 Å². The predicted molar refractivity (Wildman–Crippen MR) is 134 cm³/mol. The molecule has 0 spiro atoms. The number of rotatable bonds is 6. The van der Waals surface area contributed by atoms with E-state index in [-0.39, 0.29) is 17.1 Å². The fourth-order valence-corrected chi connectivity index (χ4v) is 8.79. The van der Waals surface area contributed by atoms with Crippen molar-refractivity contribution in [1.82, 2.24) is 16.0 Å². The van der Waals surface area contributed by atoms with Crippen LogP contribution in [0.3, 0.4) is 0 Å². The first-order chi connectivity index (χ1) is 16.5. The molecule has 6 nitrogen and oxygen atoms in total. The minimum absolute atomic E-state index is 0.0528. The minimum atomic E-state index is -3.29. The molecule has 188 valence electrons. The van der Waals surface area contributed by atoms with Crippen LogP contribution in [0.5, 0.6) is 0 Å². The molecule has 0 radical (unpaired) electrons. The highest BCUT2D eigenvalue weighted by atomic mass is 32.2. The molecule has 3 unspecified atom stereocenters. The van der Waals surface area contributed by atoms with Crippen LogP contribution in [0.2, 0.25) is 0 Å². The molecular formula is C27H41N3O3S. The third kappa shape index (κ3) is 5.36. The van der Waals surface area contributed by atoms with Gasteiger partial charge in [0, 0.05) is 31.2 Å². The minimum Gasteiger partial charge on any atom is -0.352 e. The van der Waals surface area contributed by atoms with Crippen LogP contribution in [0.4, 0.5) is 0 Å². The molecule has 7 heteroatoms. The maximum Gasteiger partial charge on any atom is 0.223 e. The van der Waals surface area contributed by atoms with E-state index in [4.69, 9.17) is 0 Å². The lowest BCUT2D eigenvalue weighted by Gasteiger charge is -2.35. The number of nitrogens with one attached hydrogen (secondary N) is 3. The summed E-state index contributed by atoms with van der Waals surface area (Å²) in [6, 6.07) is 8.10. The SMILES string of the molecule is O=C(NCc1ccc(S(=O)(=O)C2CCC(C3CCCCC3)CC2)cc1)C1CCC2NCNC2C1. The van der Waals surface area contributed by atoms with Crippen LogP contribution in [0.1, 0.15) is 82.6 Å². The second-order valence-corrected chi connectivity index (χ2v) is 13.4. The molecule has 1 heterocycles. The highest BCUT2D eigenvalue weighted by Crippen LogP contribution is 2.40. The third-order valence-electron chi connectivity index (χ3n) is 9.14. The van der Waals surface area contributed by atoms with Crippen molar-refractivity contribution in [2.75, 3.05) is 6.67 Å². The molecule has 3 aliphatic carbocycles. The Hall–Kier alpha value is -1.44. The van der Waals surface area contributed by atoms with Gasteiger partial charge in [-0.15, -0.1) is 0 Å². The summed E-state index contributed by atoms with van der Waals surface area (Å²) in [5, 5.41) is 9.70. The number of carbonyl (C=O) groups is 1. The summed E-state index contributed by atoms with van der Waals surface area (Å²) >= 11 is 0. The van der Waals surface area contributed by atoms with Gasteiger partial charge in [0.25, 0.3) is 0 Å². The van der Waals surface area contributed by atoms with Gasteiger partial charge in [-0.2, -0.15) is 0 Å². The summed E-state index contributed by atoms with van der Waals surface area (Å²) in [4.78, 5) is 13.1. The summed E-state index contributed by atoms with van der Waals surface area (Å²) in [6.45, 7) is 1.28. The van der Waals surface area contributed by atoms with Gasteiger partial charge in [0.1, 0.15) is 0 Å². The Bertz CT molecular complexity index is 934. The van der Waals surface area contributed by atoms with Gasteiger partial charge in [0.05, 0.1) is 10.1 Å². The molecular weight excluding hydrogens is 446 g/mol. The van der Waals surface area contributed by atoms with Crippen molar-refractivity contribution in [1.29, 1.82) is 0 Å². The molecule has 0 bridgehead atoms. The van der Waals surface area contributed by atoms with Crippen LogP contribution in [0.15, 0.2) is 29.2 Å². The van der Waals surface area contributed by atoms with Crippen LogP contribution in [-0.2, 0) is 21.2 Å². The van der Waals surface area contributed by atoms with Crippen molar-refractivity contribution in [2.24, 2.45) is 17.8 Å². The Morgan fingerprint density at radius 2 is 1.50 bits per heavy atom. The van der Waals surface area contributed by atoms with Crippen LogP contribution < -0.4 is 16.0 Å². The van der Waals surface area contributed by atoms with Crippen molar-refractivity contribution in [3.8, 4) is 0 Å². The first-order valence-electron chi connectivity index (χ1n) is 13.6. The fourth-order valence-electron chi connectivity index (χ4n) is 7.00. The quantitative estimate of drug-likeness (QED) is 0.566. The maximum absolute atomic E-state index is 13.3. The number of carbonyl (C=O) groups excluding carboxylic acids is 1. The number of hydrogen-bond acceptors (Lipinski definition) is 5. The molecule has 4 aliphatic rings. The third-order valence-corrected chi connectivity index (χ3v) is 11.4. The van der Waals surface area contributed by atoms with Crippen molar-refractivity contribution in [3.63, 3.8) is 0 Å². The summed E-state index contributed by atoms with van der Waals surface area (Å²) in [5.74, 6) is 1.72. The van der Waals surface area contributed by atoms with Gasteiger partial charge in [0.15, 0.2) is 9.84 Å². The molecule has 3 atom stereocenters. The number of benzene rings is 1. The van der Waals surface area contributed by atoms with E-state index >= 15 is 0 Å². The van der Waals surface area contributed by atoms with Gasteiger partial charge in [-0.3, -0.25) is 4.79 Å². The van der Waals surface area contributed by atoms with Gasteiger partial charge >= 0.3 is 0 Å². The largest absolute Gasteiger partial charge is 0.352 e. The average molecular weight is 488 g/mol. The molecule has 3 saturated carbocycles. The number of hydrogen-bond donors (Lipinski definition) is 3. The zero-order valence-corrected chi connectivity index (χ0v) is 21.1. The molecule has 1 aromatic rings. The lowest BCUT2D eigenvalue weighted by molar-refractivity contribution is -0.126. The van der Waals surface area contributed by atoms with E-state index in [1.165, 1.54) is 32.1 Å². The zero-order chi connectivity index (χ0) is 23.5. The normalized spacial score (nSPS) is 32.8. The van der Waals surface area contributed by atoms with E-state index in [9.17, 15) is 13.2 Å². The predicted octanol–water partition coefficient (Wildman–Crippen LogP) is 3.90. The average Bonchev–Trinajstić information content (AvgIpc) is 3.36. The first-order valence-corrected chi connectivity index (χ1v) is 15.1. The molecule has 5 rings (SSSR count). The number of fused-ring (bicyclic) bond motifs is 1. The Kier molecular flexibility index (Phi) is 7.61. The highest BCUT2D eigenvalue weighted by Gasteiger charge is 2.37. The first kappa shape index (κ1) is 24.3. The zero-order valence-electron chi connectivity index (χ0n) is 20.3. The van der Waals surface area contributed by atoms with Gasteiger partial charge in [0.2, 0.25) is 5.91 Å². The molecule has 3 N–H and O–H groups in total. The van der Waals surface area contributed by atoms with Gasteiger partial charge in [-0.05, 0) is 74.5 Å². The molecule has 1 saturated heterocycles. The van der Waals surface area contributed by atoms with E-state index in [1.807, 2.05) is 12.1 Å². The Balaban J connectivity index is 1.11. The van der Waals surface area contributed by atoms with Crippen molar-refractivity contribution in [2.45, 2.75) is 106 Å². The Morgan fingerprint density at radius 3 is 2.24 bits per heavy atom. The smallest absolute Gasteiger partial charge is 0.223 e. The van der Waals surface area contributed by atoms with Crippen molar-refractivity contribution in [3.05, 3.63) is 29.8 Å². The molecule has 34 heavy (non-hydrogen) atoms. The second kappa shape index (κ2) is 10.7. The van der Waals surface area contributed by atoms with E-state index in [1.54, 1.807) is 12.1 Å². The summed E-state index contributed by atoms with van der Waals surface area (Å²) in [6.07, 6.45) is 13.3. The summed E-state index contributed by atoms with van der Waals surface area (Å²) in [7, 11) is -3.29. The highest BCUT2D eigenvalue weighted by molar-refractivity contribution is 7.92. The fraction of sp³-hybridized carbons (Fsp3) is 0.741. The van der Waals surface area contributed by atoms with E-state index in [2.05, 4.69) is 16.0 Å². The van der Waals surface area contributed by atoms with Crippen LogP contribution in [0, 0.1) is 17.8 Å². The van der Waals surface area contributed by atoms with E-state index in [0.29, 0.717) is 23.5 Å². The van der Waals surface area contributed by atoms with E-state index in [0.717, 1.165) is 69.0 Å². The standard InChI is InChI=1S/C27H41N3O3S/c31-27(22-10-15-25-26(16-22)30-18-29-25)28-17-19-6-11-23(12-7-19)34(32,33)24-13-8-21(9-14-24)20-4-2-1-3-5-20/h6-7,11-12,20-22,24-26,29-30H,1-5,8-10,13-18H2,(H,28,31). The molecule has 0 aromatic heterocycles. The Labute approximate surface area is 205 Å². The molecule has 4 fully saturated rings. The van der Waals surface area contributed by atoms with Crippen molar-refractivity contribution >= 4 is 15.7 Å². The lowest BCUT2D eigenvalue weighted by atomic mass is 9.73. The Morgan fingerprint density at radius 1 is 0.824 bits per heavy atom. The van der Waals surface area contributed by atoms with E-state index < -0.39 is 9.84 Å². The molecule has 1 amide bonds.